The Labute approximate surface area is 225 Å². The number of carbonyl (C=O) groups excluding carboxylic acids is 2. The van der Waals surface area contributed by atoms with Crippen LogP contribution in [0.4, 0.5) is 5.82 Å². The quantitative estimate of drug-likeness (QED) is 0.337. The minimum atomic E-state index is -0.156. The van der Waals surface area contributed by atoms with Gasteiger partial charge in [0.05, 0.1) is 28.7 Å². The number of aromatic nitrogens is 5. The van der Waals surface area contributed by atoms with Crippen LogP contribution in [-0.4, -0.2) is 54.2 Å². The summed E-state index contributed by atoms with van der Waals surface area (Å²) in [6.07, 6.45) is 8.09. The van der Waals surface area contributed by atoms with Crippen LogP contribution in [0.1, 0.15) is 52.1 Å². The van der Waals surface area contributed by atoms with Crippen LogP contribution in [0.15, 0.2) is 79.4 Å². The van der Waals surface area contributed by atoms with Gasteiger partial charge in [-0.2, -0.15) is 9.61 Å². The number of nitrogens with two attached hydrogens (primary N) is 1. The van der Waals surface area contributed by atoms with Gasteiger partial charge in [-0.15, -0.1) is 0 Å². The van der Waals surface area contributed by atoms with E-state index in [1.54, 1.807) is 36.9 Å². The minimum absolute atomic E-state index is 0.0181. The van der Waals surface area contributed by atoms with Crippen molar-refractivity contribution in [3.63, 3.8) is 0 Å². The van der Waals surface area contributed by atoms with Gasteiger partial charge in [0, 0.05) is 54.3 Å². The minimum Gasteiger partial charge on any atom is -0.383 e. The van der Waals surface area contributed by atoms with E-state index in [1.807, 2.05) is 47.4 Å². The molecule has 5 aromatic rings. The molecule has 0 saturated carbocycles. The molecule has 5 heterocycles. The third kappa shape index (κ3) is 4.52. The number of rotatable bonds is 5. The summed E-state index contributed by atoms with van der Waals surface area (Å²) in [7, 11) is 0. The number of hydrogen-bond acceptors (Lipinski definition) is 7. The molecule has 1 aliphatic heterocycles. The van der Waals surface area contributed by atoms with E-state index in [4.69, 9.17) is 10.7 Å². The van der Waals surface area contributed by atoms with E-state index in [9.17, 15) is 9.59 Å². The molecular formula is C30H27N7O2. The van der Waals surface area contributed by atoms with Crippen molar-refractivity contribution in [1.29, 1.82) is 0 Å². The summed E-state index contributed by atoms with van der Waals surface area (Å²) in [5, 5.41) is 4.46. The topological polar surface area (TPSA) is 119 Å². The molecule has 0 unspecified atom stereocenters. The molecule has 0 atom stereocenters. The fourth-order valence-corrected chi connectivity index (χ4v) is 5.25. The highest BCUT2D eigenvalue weighted by atomic mass is 16.2. The van der Waals surface area contributed by atoms with Crippen molar-refractivity contribution in [2.45, 2.75) is 25.7 Å². The lowest BCUT2D eigenvalue weighted by molar-refractivity contribution is 0.0710. The van der Waals surface area contributed by atoms with Crippen molar-refractivity contribution >= 4 is 23.2 Å². The first-order valence-electron chi connectivity index (χ1n) is 12.9. The molecule has 0 bridgehead atoms. The molecule has 0 radical (unpaired) electrons. The third-order valence-electron chi connectivity index (χ3n) is 7.28. The second kappa shape index (κ2) is 10.1. The van der Waals surface area contributed by atoms with Crippen molar-refractivity contribution in [3.8, 4) is 22.4 Å². The van der Waals surface area contributed by atoms with Crippen LogP contribution < -0.4 is 5.73 Å². The molecule has 9 heteroatoms. The highest BCUT2D eigenvalue weighted by molar-refractivity contribution is 6.00. The number of piperidine rings is 1. The Hall–Kier alpha value is -4.92. The number of benzene rings is 1. The number of nitrogen functional groups attached to an aromatic ring is 1. The summed E-state index contributed by atoms with van der Waals surface area (Å²) in [5.74, 6) is 0.0597. The van der Waals surface area contributed by atoms with E-state index < -0.39 is 0 Å². The van der Waals surface area contributed by atoms with E-state index in [2.05, 4.69) is 15.1 Å². The summed E-state index contributed by atoms with van der Waals surface area (Å²) in [4.78, 5) is 41.2. The lowest BCUT2D eigenvalue weighted by Crippen LogP contribution is -2.38. The van der Waals surface area contributed by atoms with Gasteiger partial charge in [0.2, 0.25) is 0 Å². The first kappa shape index (κ1) is 24.4. The number of likely N-dealkylation sites (tertiary alicyclic amines) is 1. The molecule has 1 aromatic carbocycles. The average Bonchev–Trinajstić information content (AvgIpc) is 3.42. The zero-order valence-corrected chi connectivity index (χ0v) is 21.5. The molecule has 4 aromatic heterocycles. The molecule has 6 rings (SSSR count). The number of ketones is 1. The maximum absolute atomic E-state index is 12.9. The molecule has 2 N–H and O–H groups in total. The van der Waals surface area contributed by atoms with Crippen LogP contribution in [0.2, 0.25) is 0 Å². The Morgan fingerprint density at radius 3 is 2.38 bits per heavy atom. The molecule has 1 saturated heterocycles. The first-order chi connectivity index (χ1) is 19.0. The Morgan fingerprint density at radius 2 is 1.72 bits per heavy atom. The van der Waals surface area contributed by atoms with Crippen LogP contribution in [0.3, 0.4) is 0 Å². The number of pyridine rings is 2. The maximum Gasteiger partial charge on any atom is 0.255 e. The third-order valence-corrected chi connectivity index (χ3v) is 7.28. The van der Waals surface area contributed by atoms with E-state index in [1.165, 1.54) is 11.4 Å². The number of anilines is 1. The molecule has 1 aliphatic rings. The molecule has 0 spiro atoms. The number of hydrogen-bond donors (Lipinski definition) is 1. The molecule has 1 fully saturated rings. The van der Waals surface area contributed by atoms with Crippen molar-refractivity contribution in [3.05, 3.63) is 96.2 Å². The Morgan fingerprint density at radius 1 is 0.923 bits per heavy atom. The van der Waals surface area contributed by atoms with Crippen LogP contribution in [-0.2, 0) is 0 Å². The molecule has 39 heavy (non-hydrogen) atoms. The normalized spacial score (nSPS) is 14.0. The fourth-order valence-electron chi connectivity index (χ4n) is 5.25. The van der Waals surface area contributed by atoms with Crippen LogP contribution in [0.5, 0.6) is 0 Å². The number of nitrogens with zero attached hydrogens (tertiary/aromatic N) is 6. The standard InChI is InChI=1S/C30H27N7O2/c1-19(38)26-27(21-11-14-36(15-12-21)30(39)23-8-5-13-32-16-23)35-29-24(18-34-37(29)28(26)31)22-9-10-25(33-17-22)20-6-3-2-4-7-20/h2-10,13,16-18,21H,11-12,14-15,31H2,1H3. The molecule has 9 nitrogen and oxygen atoms in total. The Balaban J connectivity index is 1.32. The second-order valence-electron chi connectivity index (χ2n) is 9.71. The average molecular weight is 518 g/mol. The van der Waals surface area contributed by atoms with E-state index >= 15 is 0 Å². The van der Waals surface area contributed by atoms with Gasteiger partial charge in [0.1, 0.15) is 5.82 Å². The monoisotopic (exact) mass is 517 g/mol. The molecule has 1 amide bonds. The lowest BCUT2D eigenvalue weighted by atomic mass is 9.89. The lowest BCUT2D eigenvalue weighted by Gasteiger charge is -2.32. The van der Waals surface area contributed by atoms with Crippen LogP contribution >= 0.6 is 0 Å². The summed E-state index contributed by atoms with van der Waals surface area (Å²) in [6, 6.07) is 17.5. The van der Waals surface area contributed by atoms with Crippen LogP contribution in [0.25, 0.3) is 28.0 Å². The highest BCUT2D eigenvalue weighted by Crippen LogP contribution is 2.35. The van der Waals surface area contributed by atoms with Gasteiger partial charge >= 0.3 is 0 Å². The van der Waals surface area contributed by atoms with E-state index in [0.717, 1.165) is 22.4 Å². The number of amides is 1. The van der Waals surface area contributed by atoms with Crippen molar-refractivity contribution < 1.29 is 9.59 Å². The summed E-state index contributed by atoms with van der Waals surface area (Å²) >= 11 is 0. The zero-order chi connectivity index (χ0) is 26.9. The van der Waals surface area contributed by atoms with Gasteiger partial charge in [0.25, 0.3) is 5.91 Å². The van der Waals surface area contributed by atoms with Gasteiger partial charge < -0.3 is 10.6 Å². The van der Waals surface area contributed by atoms with Gasteiger partial charge in [-0.3, -0.25) is 19.6 Å². The smallest absolute Gasteiger partial charge is 0.255 e. The van der Waals surface area contributed by atoms with Crippen LogP contribution in [0, 0.1) is 0 Å². The number of fused-ring (bicyclic) bond motifs is 1. The van der Waals surface area contributed by atoms with Gasteiger partial charge in [-0.1, -0.05) is 36.4 Å². The van der Waals surface area contributed by atoms with E-state index in [0.29, 0.717) is 48.4 Å². The second-order valence-corrected chi connectivity index (χ2v) is 9.71. The summed E-state index contributed by atoms with van der Waals surface area (Å²) in [6.45, 7) is 2.61. The molecular weight excluding hydrogens is 490 g/mol. The van der Waals surface area contributed by atoms with Crippen molar-refractivity contribution in [2.75, 3.05) is 18.8 Å². The predicted octanol–water partition coefficient (Wildman–Crippen LogP) is 4.66. The SMILES string of the molecule is CC(=O)c1c(C2CCN(C(=O)c3cccnc3)CC2)nc2c(-c3ccc(-c4ccccc4)nc3)cnn2c1N. The Kier molecular flexibility index (Phi) is 6.32. The summed E-state index contributed by atoms with van der Waals surface area (Å²) < 4.78 is 1.53. The van der Waals surface area contributed by atoms with E-state index in [-0.39, 0.29) is 23.4 Å². The van der Waals surface area contributed by atoms with Gasteiger partial charge in [-0.25, -0.2) is 4.98 Å². The molecule has 0 aliphatic carbocycles. The summed E-state index contributed by atoms with van der Waals surface area (Å²) in [5.41, 5.74) is 12.3. The van der Waals surface area contributed by atoms with Gasteiger partial charge in [0.15, 0.2) is 11.4 Å². The first-order valence-corrected chi connectivity index (χ1v) is 12.9. The van der Waals surface area contributed by atoms with Crippen molar-refractivity contribution in [1.82, 2.24) is 29.5 Å². The molecule has 194 valence electrons. The Bertz CT molecular complexity index is 1660. The predicted molar refractivity (Wildman–Crippen MR) is 148 cm³/mol. The zero-order valence-electron chi connectivity index (χ0n) is 21.5. The fraction of sp³-hybridized carbons (Fsp3) is 0.200. The maximum atomic E-state index is 12.9. The highest BCUT2D eigenvalue weighted by Gasteiger charge is 2.30. The van der Waals surface area contributed by atoms with Gasteiger partial charge in [-0.05, 0) is 38.0 Å². The van der Waals surface area contributed by atoms with Crippen molar-refractivity contribution in [2.24, 2.45) is 0 Å². The largest absolute Gasteiger partial charge is 0.383 e. The number of carbonyl (C=O) groups is 2. The number of Topliss-reactive ketones (excluding diaryl/α,β-unsaturated/α-hetero) is 1.